The molecular weight excluding hydrogens is 131 g/mol. The van der Waals surface area contributed by atoms with Crippen LogP contribution in [0.15, 0.2) is 0 Å². The van der Waals surface area contributed by atoms with Gasteiger partial charge in [-0.3, -0.25) is 0 Å². The first kappa shape index (κ1) is 9.16. The van der Waals surface area contributed by atoms with E-state index in [9.17, 15) is 0 Å². The molecule has 0 spiro atoms. The van der Waals surface area contributed by atoms with Crippen molar-refractivity contribution in [1.29, 1.82) is 0 Å². The second kappa shape index (κ2) is 4.85. The smallest absolute Gasteiger partial charge is 0.0741 e. The van der Waals surface area contributed by atoms with Gasteiger partial charge >= 0.3 is 0 Å². The molecule has 1 fully saturated rings. The molecule has 0 aromatic heterocycles. The molecule has 0 radical (unpaired) electrons. The fraction of sp³-hybridized carbons (Fsp3) is 1.00. The van der Waals surface area contributed by atoms with E-state index in [4.69, 9.17) is 0 Å². The molecule has 0 N–H and O–H groups in total. The van der Waals surface area contributed by atoms with Crippen molar-refractivity contribution in [3.8, 4) is 0 Å². The minimum Gasteiger partial charge on any atom is -0.0741 e. The third-order valence-corrected chi connectivity index (χ3v) is 2.88. The van der Waals surface area contributed by atoms with Crippen LogP contribution in [-0.2, 0) is 0 Å². The molecule has 1 saturated heterocycles. The Kier molecular flexibility index (Phi) is 4.03. The molecule has 0 amide bonds. The van der Waals surface area contributed by atoms with Gasteiger partial charge in [-0.25, -0.2) is 0 Å². The summed E-state index contributed by atoms with van der Waals surface area (Å²) in [4.78, 5) is 0. The molecular formula is C10H21B. The van der Waals surface area contributed by atoms with Crippen molar-refractivity contribution in [3.63, 3.8) is 0 Å². The van der Waals surface area contributed by atoms with E-state index in [2.05, 4.69) is 13.8 Å². The number of rotatable bonds is 3. The van der Waals surface area contributed by atoms with Crippen LogP contribution >= 0.6 is 0 Å². The normalized spacial score (nSPS) is 19.4. The van der Waals surface area contributed by atoms with Crippen LogP contribution in [0.2, 0.25) is 19.0 Å². The Morgan fingerprint density at radius 1 is 1.09 bits per heavy atom. The highest BCUT2D eigenvalue weighted by atomic mass is 14.0. The lowest BCUT2D eigenvalue weighted by Crippen LogP contribution is -2.16. The lowest BCUT2D eigenvalue weighted by molar-refractivity contribution is 0.614. The van der Waals surface area contributed by atoms with Gasteiger partial charge in [0.15, 0.2) is 0 Å². The minimum atomic E-state index is 0.914. The van der Waals surface area contributed by atoms with Gasteiger partial charge in [0.25, 0.3) is 0 Å². The molecule has 0 saturated carbocycles. The Hall–Kier alpha value is 0.0649. The molecule has 1 aliphatic heterocycles. The average molecular weight is 152 g/mol. The third-order valence-electron chi connectivity index (χ3n) is 2.88. The van der Waals surface area contributed by atoms with E-state index in [1.54, 1.807) is 0 Å². The van der Waals surface area contributed by atoms with Gasteiger partial charge in [0.05, 0.1) is 0 Å². The highest BCUT2D eigenvalue weighted by Gasteiger charge is 2.16. The van der Waals surface area contributed by atoms with Crippen LogP contribution in [0, 0.1) is 5.92 Å². The number of hydrogen-bond acceptors (Lipinski definition) is 0. The standard InChI is InChI=1S/C10H21B/c1-10(2)6-9-11-7-4-3-5-8-11/h10H,3-9H2,1-2H3. The Balaban J connectivity index is 2.05. The molecule has 1 rings (SSSR count). The molecule has 1 heterocycles. The average Bonchev–Trinajstić information content (AvgIpc) is 2.03. The summed E-state index contributed by atoms with van der Waals surface area (Å²) in [5.74, 6) is 0.914. The first-order valence-corrected chi connectivity index (χ1v) is 5.29. The zero-order valence-electron chi connectivity index (χ0n) is 8.10. The maximum absolute atomic E-state index is 2.34. The van der Waals surface area contributed by atoms with Crippen LogP contribution in [-0.4, -0.2) is 6.71 Å². The van der Waals surface area contributed by atoms with Crippen LogP contribution in [0.3, 0.4) is 0 Å². The van der Waals surface area contributed by atoms with E-state index >= 15 is 0 Å². The lowest BCUT2D eigenvalue weighted by atomic mass is 9.39. The zero-order chi connectivity index (χ0) is 8.10. The Labute approximate surface area is 71.8 Å². The van der Waals surface area contributed by atoms with Crippen LogP contribution in [0.1, 0.15) is 39.5 Å². The van der Waals surface area contributed by atoms with Gasteiger partial charge in [-0.05, 0) is 5.92 Å². The highest BCUT2D eigenvalue weighted by molar-refractivity contribution is 6.58. The van der Waals surface area contributed by atoms with Crippen molar-refractivity contribution in [2.24, 2.45) is 5.92 Å². The van der Waals surface area contributed by atoms with Crippen LogP contribution in [0.25, 0.3) is 0 Å². The second-order valence-corrected chi connectivity index (χ2v) is 4.48. The summed E-state index contributed by atoms with van der Waals surface area (Å²) >= 11 is 0. The summed E-state index contributed by atoms with van der Waals surface area (Å²) in [6, 6.07) is 0. The monoisotopic (exact) mass is 152 g/mol. The van der Waals surface area contributed by atoms with Crippen molar-refractivity contribution in [3.05, 3.63) is 0 Å². The molecule has 0 bridgehead atoms. The van der Waals surface area contributed by atoms with Crippen LogP contribution in [0.4, 0.5) is 0 Å². The summed E-state index contributed by atoms with van der Waals surface area (Å²) in [6.07, 6.45) is 10.5. The molecule has 64 valence electrons. The van der Waals surface area contributed by atoms with Gasteiger partial charge in [-0.1, -0.05) is 58.5 Å². The molecule has 0 atom stereocenters. The van der Waals surface area contributed by atoms with Gasteiger partial charge in [-0.2, -0.15) is 0 Å². The zero-order valence-corrected chi connectivity index (χ0v) is 8.10. The third kappa shape index (κ3) is 3.84. The van der Waals surface area contributed by atoms with E-state index in [0.717, 1.165) is 12.6 Å². The van der Waals surface area contributed by atoms with E-state index in [1.165, 1.54) is 44.6 Å². The van der Waals surface area contributed by atoms with Crippen LogP contribution < -0.4 is 0 Å². The van der Waals surface area contributed by atoms with Gasteiger partial charge in [0.1, 0.15) is 6.71 Å². The quantitative estimate of drug-likeness (QED) is 0.540. The maximum atomic E-state index is 2.34. The second-order valence-electron chi connectivity index (χ2n) is 4.48. The van der Waals surface area contributed by atoms with Crippen molar-refractivity contribution in [2.75, 3.05) is 0 Å². The summed E-state index contributed by atoms with van der Waals surface area (Å²) < 4.78 is 0. The summed E-state index contributed by atoms with van der Waals surface area (Å²) in [6.45, 7) is 5.76. The molecule has 0 aromatic rings. The fourth-order valence-electron chi connectivity index (χ4n) is 2.04. The van der Waals surface area contributed by atoms with E-state index in [0.29, 0.717) is 0 Å². The fourth-order valence-corrected chi connectivity index (χ4v) is 2.04. The summed E-state index contributed by atoms with van der Waals surface area (Å²) in [5.41, 5.74) is 0. The molecule has 0 aromatic carbocycles. The Morgan fingerprint density at radius 3 is 2.27 bits per heavy atom. The van der Waals surface area contributed by atoms with Crippen molar-refractivity contribution < 1.29 is 0 Å². The minimum absolute atomic E-state index is 0.914. The topological polar surface area (TPSA) is 0 Å². The lowest BCUT2D eigenvalue weighted by Gasteiger charge is -2.18. The van der Waals surface area contributed by atoms with E-state index in [1.807, 2.05) is 0 Å². The molecule has 0 aliphatic carbocycles. The van der Waals surface area contributed by atoms with Crippen LogP contribution in [0.5, 0.6) is 0 Å². The van der Waals surface area contributed by atoms with Gasteiger partial charge in [0, 0.05) is 0 Å². The van der Waals surface area contributed by atoms with E-state index < -0.39 is 0 Å². The van der Waals surface area contributed by atoms with E-state index in [-0.39, 0.29) is 0 Å². The van der Waals surface area contributed by atoms with Crippen molar-refractivity contribution >= 4 is 6.71 Å². The molecule has 0 unspecified atom stereocenters. The highest BCUT2D eigenvalue weighted by Crippen LogP contribution is 2.23. The Bertz CT molecular complexity index is 93.0. The molecule has 1 heteroatoms. The predicted molar refractivity (Wildman–Crippen MR) is 53.5 cm³/mol. The van der Waals surface area contributed by atoms with Gasteiger partial charge < -0.3 is 0 Å². The molecule has 0 nitrogen and oxygen atoms in total. The molecule has 11 heavy (non-hydrogen) atoms. The van der Waals surface area contributed by atoms with Crippen molar-refractivity contribution in [1.82, 2.24) is 0 Å². The first-order chi connectivity index (χ1) is 5.29. The molecule has 1 aliphatic rings. The SMILES string of the molecule is CC(C)CCB1CCCCC1. The first-order valence-electron chi connectivity index (χ1n) is 5.29. The summed E-state index contributed by atoms with van der Waals surface area (Å²) in [7, 11) is 0. The van der Waals surface area contributed by atoms with Gasteiger partial charge in [0.2, 0.25) is 0 Å². The maximum Gasteiger partial charge on any atom is 0.139 e. The van der Waals surface area contributed by atoms with Crippen molar-refractivity contribution in [2.45, 2.75) is 58.5 Å². The summed E-state index contributed by atoms with van der Waals surface area (Å²) in [5, 5.41) is 0. The van der Waals surface area contributed by atoms with Gasteiger partial charge in [-0.15, -0.1) is 0 Å². The number of hydrogen-bond donors (Lipinski definition) is 0. The Morgan fingerprint density at radius 2 is 1.73 bits per heavy atom. The predicted octanol–water partition coefficient (Wildman–Crippen LogP) is 3.71. The largest absolute Gasteiger partial charge is 0.139 e.